The fourth-order valence-electron chi connectivity index (χ4n) is 2.30. The van der Waals surface area contributed by atoms with E-state index in [1.165, 1.54) is 10.5 Å². The van der Waals surface area contributed by atoms with Gasteiger partial charge < -0.3 is 14.5 Å². The molecule has 1 aromatic carbocycles. The van der Waals surface area contributed by atoms with Gasteiger partial charge in [-0.2, -0.15) is 0 Å². The van der Waals surface area contributed by atoms with E-state index in [1.807, 2.05) is 26.0 Å². The molecule has 1 aromatic rings. The van der Waals surface area contributed by atoms with Gasteiger partial charge in [-0.1, -0.05) is 58.9 Å². The van der Waals surface area contributed by atoms with Gasteiger partial charge in [-0.25, -0.2) is 4.79 Å². The predicted molar refractivity (Wildman–Crippen MR) is 100 cm³/mol. The SMILES string of the molecule is CC(C)C(=O)N(C)CCN(C)C(=O)OCc1ccc(C(C)(C)C)cc1. The third kappa shape index (κ3) is 6.77. The van der Waals surface area contributed by atoms with Gasteiger partial charge >= 0.3 is 6.09 Å². The highest BCUT2D eigenvalue weighted by molar-refractivity contribution is 5.77. The second-order valence-corrected chi connectivity index (χ2v) is 7.84. The summed E-state index contributed by atoms with van der Waals surface area (Å²) < 4.78 is 5.34. The van der Waals surface area contributed by atoms with Gasteiger partial charge in [0.1, 0.15) is 6.61 Å². The second-order valence-electron chi connectivity index (χ2n) is 7.84. The molecule has 0 spiro atoms. The Morgan fingerprint density at radius 1 is 1.00 bits per heavy atom. The van der Waals surface area contributed by atoms with Crippen LogP contribution in [0.25, 0.3) is 0 Å². The molecular weight excluding hydrogens is 316 g/mol. The van der Waals surface area contributed by atoms with Crippen molar-refractivity contribution in [1.29, 1.82) is 0 Å². The molecule has 0 aliphatic rings. The molecule has 25 heavy (non-hydrogen) atoms. The van der Waals surface area contributed by atoms with E-state index in [4.69, 9.17) is 4.74 Å². The van der Waals surface area contributed by atoms with Gasteiger partial charge in [0.25, 0.3) is 0 Å². The zero-order chi connectivity index (χ0) is 19.2. The van der Waals surface area contributed by atoms with E-state index in [9.17, 15) is 9.59 Å². The monoisotopic (exact) mass is 348 g/mol. The van der Waals surface area contributed by atoms with Gasteiger partial charge in [-0.05, 0) is 16.5 Å². The van der Waals surface area contributed by atoms with Gasteiger partial charge in [-0.3, -0.25) is 4.79 Å². The Bertz CT molecular complexity index is 574. The average Bonchev–Trinajstić information content (AvgIpc) is 2.55. The number of carbonyl (C=O) groups excluding carboxylic acids is 2. The van der Waals surface area contributed by atoms with Crippen LogP contribution in [0.2, 0.25) is 0 Å². The summed E-state index contributed by atoms with van der Waals surface area (Å²) in [5.74, 6) is 0.0269. The van der Waals surface area contributed by atoms with Crippen molar-refractivity contribution in [2.24, 2.45) is 5.92 Å². The number of hydrogen-bond donors (Lipinski definition) is 0. The first-order chi connectivity index (χ1) is 11.5. The van der Waals surface area contributed by atoms with Crippen LogP contribution in [0, 0.1) is 5.92 Å². The number of rotatable bonds is 6. The van der Waals surface area contributed by atoms with Crippen LogP contribution in [0.3, 0.4) is 0 Å². The number of carbonyl (C=O) groups is 2. The first kappa shape index (κ1) is 21.0. The lowest BCUT2D eigenvalue weighted by atomic mass is 9.87. The van der Waals surface area contributed by atoms with Crippen molar-refractivity contribution in [1.82, 2.24) is 9.80 Å². The second kappa shape index (κ2) is 8.88. The summed E-state index contributed by atoms with van der Waals surface area (Å²) in [5.41, 5.74) is 2.31. The van der Waals surface area contributed by atoms with Crippen LogP contribution >= 0.6 is 0 Å². The van der Waals surface area contributed by atoms with E-state index in [0.29, 0.717) is 13.1 Å². The van der Waals surface area contributed by atoms with Crippen LogP contribution in [-0.2, 0) is 21.6 Å². The van der Waals surface area contributed by atoms with Crippen molar-refractivity contribution in [2.45, 2.75) is 46.6 Å². The molecule has 1 rings (SSSR count). The highest BCUT2D eigenvalue weighted by Crippen LogP contribution is 2.22. The van der Waals surface area contributed by atoms with Gasteiger partial charge in [0.15, 0.2) is 0 Å². The van der Waals surface area contributed by atoms with E-state index < -0.39 is 0 Å². The fraction of sp³-hybridized carbons (Fsp3) is 0.600. The van der Waals surface area contributed by atoms with Crippen LogP contribution in [0.4, 0.5) is 4.79 Å². The highest BCUT2D eigenvalue weighted by atomic mass is 16.6. The first-order valence-electron chi connectivity index (χ1n) is 8.74. The predicted octanol–water partition coefficient (Wildman–Crippen LogP) is 3.67. The number of amides is 2. The molecule has 5 nitrogen and oxygen atoms in total. The van der Waals surface area contributed by atoms with Crippen molar-refractivity contribution >= 4 is 12.0 Å². The Morgan fingerprint density at radius 3 is 2.00 bits per heavy atom. The molecule has 0 heterocycles. The average molecular weight is 348 g/mol. The molecule has 0 saturated heterocycles. The van der Waals surface area contributed by atoms with E-state index in [-0.39, 0.29) is 29.9 Å². The molecule has 0 radical (unpaired) electrons. The molecule has 0 aliphatic carbocycles. The third-order valence-electron chi connectivity index (χ3n) is 4.13. The number of benzene rings is 1. The minimum absolute atomic E-state index is 0.0432. The van der Waals surface area contributed by atoms with Gasteiger partial charge in [-0.15, -0.1) is 0 Å². The number of nitrogens with zero attached hydrogens (tertiary/aromatic N) is 2. The van der Waals surface area contributed by atoms with Crippen LogP contribution in [0.5, 0.6) is 0 Å². The lowest BCUT2D eigenvalue weighted by Gasteiger charge is -2.23. The maximum Gasteiger partial charge on any atom is 0.409 e. The summed E-state index contributed by atoms with van der Waals surface area (Å²) in [6, 6.07) is 8.12. The Balaban J connectivity index is 2.44. The van der Waals surface area contributed by atoms with E-state index in [0.717, 1.165) is 5.56 Å². The Labute approximate surface area is 151 Å². The molecule has 0 aliphatic heterocycles. The van der Waals surface area contributed by atoms with Crippen molar-refractivity contribution in [3.63, 3.8) is 0 Å². The summed E-state index contributed by atoms with van der Waals surface area (Å²) in [6.45, 7) is 11.4. The van der Waals surface area contributed by atoms with Crippen LogP contribution in [-0.4, -0.2) is 49.0 Å². The standard InChI is InChI=1S/C20H32N2O3/c1-15(2)18(23)21(6)12-13-22(7)19(24)25-14-16-8-10-17(11-9-16)20(3,4)5/h8-11,15H,12-14H2,1-7H3. The van der Waals surface area contributed by atoms with Crippen molar-refractivity contribution in [3.8, 4) is 0 Å². The molecular formula is C20H32N2O3. The first-order valence-corrected chi connectivity index (χ1v) is 8.74. The summed E-state index contributed by atoms with van der Waals surface area (Å²) in [4.78, 5) is 27.0. The molecule has 0 bridgehead atoms. The van der Waals surface area contributed by atoms with Crippen molar-refractivity contribution in [3.05, 3.63) is 35.4 Å². The van der Waals surface area contributed by atoms with E-state index >= 15 is 0 Å². The van der Waals surface area contributed by atoms with Crippen molar-refractivity contribution in [2.75, 3.05) is 27.2 Å². The molecule has 0 N–H and O–H groups in total. The summed E-state index contributed by atoms with van der Waals surface area (Å²) in [6.07, 6.45) is -0.384. The van der Waals surface area contributed by atoms with Crippen molar-refractivity contribution < 1.29 is 14.3 Å². The minimum Gasteiger partial charge on any atom is -0.445 e. The smallest absolute Gasteiger partial charge is 0.409 e. The minimum atomic E-state index is -0.384. The molecule has 0 atom stereocenters. The number of likely N-dealkylation sites (N-methyl/N-ethyl adjacent to an activating group) is 2. The quantitative estimate of drug-likeness (QED) is 0.788. The molecule has 0 aromatic heterocycles. The van der Waals surface area contributed by atoms with Gasteiger partial charge in [0, 0.05) is 33.1 Å². The normalized spacial score (nSPS) is 11.4. The Morgan fingerprint density at radius 2 is 1.52 bits per heavy atom. The maximum absolute atomic E-state index is 12.1. The zero-order valence-electron chi connectivity index (χ0n) is 16.6. The maximum atomic E-state index is 12.1. The number of hydrogen-bond acceptors (Lipinski definition) is 3. The Kier molecular flexibility index (Phi) is 7.46. The van der Waals surface area contributed by atoms with Crippen LogP contribution in [0.1, 0.15) is 45.7 Å². The lowest BCUT2D eigenvalue weighted by molar-refractivity contribution is -0.133. The topological polar surface area (TPSA) is 49.9 Å². The molecule has 0 fully saturated rings. The molecule has 2 amide bonds. The zero-order valence-corrected chi connectivity index (χ0v) is 16.6. The van der Waals surface area contributed by atoms with Crippen LogP contribution in [0.15, 0.2) is 24.3 Å². The highest BCUT2D eigenvalue weighted by Gasteiger charge is 2.16. The summed E-state index contributed by atoms with van der Waals surface area (Å²) >= 11 is 0. The van der Waals surface area contributed by atoms with Gasteiger partial charge in [0.05, 0.1) is 0 Å². The molecule has 0 saturated carbocycles. The largest absolute Gasteiger partial charge is 0.445 e. The molecule has 0 unspecified atom stereocenters. The van der Waals surface area contributed by atoms with E-state index in [2.05, 4.69) is 32.9 Å². The van der Waals surface area contributed by atoms with E-state index in [1.54, 1.807) is 19.0 Å². The number of ether oxygens (including phenoxy) is 1. The fourth-order valence-corrected chi connectivity index (χ4v) is 2.30. The molecule has 5 heteroatoms. The molecule has 140 valence electrons. The van der Waals surface area contributed by atoms with Crippen LogP contribution < -0.4 is 0 Å². The third-order valence-corrected chi connectivity index (χ3v) is 4.13. The lowest BCUT2D eigenvalue weighted by Crippen LogP contribution is -2.39. The summed E-state index contributed by atoms with van der Waals surface area (Å²) in [5, 5.41) is 0. The van der Waals surface area contributed by atoms with Gasteiger partial charge in [0.2, 0.25) is 5.91 Å². The summed E-state index contributed by atoms with van der Waals surface area (Å²) in [7, 11) is 3.43. The Hall–Kier alpha value is -2.04.